The number of carbonyl (C=O) groups is 2. The fourth-order valence-electron chi connectivity index (χ4n) is 8.99. The molecule has 0 spiro atoms. The molecule has 1 N–H and O–H groups in total. The summed E-state index contributed by atoms with van der Waals surface area (Å²) in [7, 11) is -5.04. The van der Waals surface area contributed by atoms with Crippen LogP contribution in [-0.2, 0) is 22.9 Å². The lowest BCUT2D eigenvalue weighted by Crippen LogP contribution is -2.44. The highest BCUT2D eigenvalue weighted by atomic mass is 28.4. The quantitative estimate of drug-likeness (QED) is 0.0283. The molecule has 0 heterocycles. The van der Waals surface area contributed by atoms with E-state index in [4.69, 9.17) is 18.4 Å². The molecule has 0 aliphatic heterocycles. The van der Waals surface area contributed by atoms with E-state index in [1.807, 2.05) is 6.08 Å². The SMILES string of the molecule is C=CCCCCCC[C@@H](CCCCCCCC)O[Si](C)(C)C(C)(C)C.CCCCCCCC[C@H](CCCCCCC(=O)O)O[Si](C)(C)C(C)(C)C.CCCCCCCC[C@H](CCCCCCC=O)O[Si](C)(C)C(C)(C)C. The summed E-state index contributed by atoms with van der Waals surface area (Å²) in [5, 5.41) is 9.58. The first kappa shape index (κ1) is 79.6. The topological polar surface area (TPSA) is 82.1 Å². The largest absolute Gasteiger partial charge is 0.481 e. The summed E-state index contributed by atoms with van der Waals surface area (Å²) in [6.45, 7) is 45.9. The van der Waals surface area contributed by atoms with Crippen LogP contribution in [-0.4, -0.2) is 60.6 Å². The second kappa shape index (κ2) is 48.0. The molecule has 76 heavy (non-hydrogen) atoms. The number of carbonyl (C=O) groups excluding carboxylic acids is 1. The molecule has 0 aromatic carbocycles. The lowest BCUT2D eigenvalue weighted by atomic mass is 10.0. The zero-order chi connectivity index (χ0) is 58.4. The van der Waals surface area contributed by atoms with Crippen molar-refractivity contribution in [3.63, 3.8) is 0 Å². The zero-order valence-corrected chi connectivity index (χ0v) is 58.2. The molecule has 0 rings (SSSR count). The summed E-state index contributed by atoms with van der Waals surface area (Å²) in [5.41, 5.74) is 0. The molecular weight excluding hydrogens is 985 g/mol. The molecule has 0 aromatic heterocycles. The first-order valence-corrected chi connectivity index (χ1v) is 41.6. The van der Waals surface area contributed by atoms with E-state index in [0.717, 1.165) is 51.2 Å². The highest BCUT2D eigenvalue weighted by Gasteiger charge is 2.41. The predicted molar refractivity (Wildman–Crippen MR) is 347 cm³/mol. The Morgan fingerprint density at radius 3 is 0.842 bits per heavy atom. The van der Waals surface area contributed by atoms with E-state index >= 15 is 0 Å². The number of carboxylic acid groups (broad SMARTS) is 1. The number of unbranched alkanes of at least 4 members (excludes halogenated alkanes) is 26. The highest BCUT2D eigenvalue weighted by Crippen LogP contribution is 2.41. The Bertz CT molecular complexity index is 1250. The Hall–Kier alpha value is -0.589. The fraction of sp³-hybridized carbons (Fsp3) is 0.940. The Morgan fingerprint density at radius 1 is 0.395 bits per heavy atom. The molecule has 0 amide bonds. The summed E-state index contributed by atoms with van der Waals surface area (Å²) < 4.78 is 20.2. The van der Waals surface area contributed by atoms with Crippen LogP contribution in [0.15, 0.2) is 12.7 Å². The highest BCUT2D eigenvalue weighted by molar-refractivity contribution is 6.75. The van der Waals surface area contributed by atoms with E-state index in [1.54, 1.807) is 0 Å². The second-order valence-electron chi connectivity index (χ2n) is 28.0. The minimum Gasteiger partial charge on any atom is -0.481 e. The van der Waals surface area contributed by atoms with Crippen molar-refractivity contribution in [1.82, 2.24) is 0 Å². The van der Waals surface area contributed by atoms with Crippen LogP contribution in [0, 0.1) is 0 Å². The number of allylic oxidation sites excluding steroid dienone is 1. The number of rotatable bonds is 48. The minimum absolute atomic E-state index is 0.258. The van der Waals surface area contributed by atoms with Gasteiger partial charge in [-0.1, -0.05) is 263 Å². The summed E-state index contributed by atoms with van der Waals surface area (Å²) in [6.07, 6.45) is 52.5. The first-order chi connectivity index (χ1) is 35.6. The number of hydrogen-bond donors (Lipinski definition) is 1. The molecular formula is C67H140O6Si3. The number of aliphatic carboxylic acids is 1. The van der Waals surface area contributed by atoms with E-state index < -0.39 is 30.9 Å². The lowest BCUT2D eigenvalue weighted by Gasteiger charge is -2.39. The van der Waals surface area contributed by atoms with E-state index in [9.17, 15) is 9.59 Å². The molecule has 0 aromatic rings. The van der Waals surface area contributed by atoms with Crippen molar-refractivity contribution in [3.05, 3.63) is 12.7 Å². The van der Waals surface area contributed by atoms with Crippen molar-refractivity contribution in [1.29, 1.82) is 0 Å². The molecule has 0 saturated carbocycles. The van der Waals surface area contributed by atoms with E-state index in [1.165, 1.54) is 199 Å². The van der Waals surface area contributed by atoms with Gasteiger partial charge in [-0.15, -0.1) is 6.58 Å². The van der Waals surface area contributed by atoms with Crippen LogP contribution in [0.3, 0.4) is 0 Å². The third kappa shape index (κ3) is 47.1. The molecule has 0 fully saturated rings. The van der Waals surface area contributed by atoms with Crippen LogP contribution in [0.4, 0.5) is 0 Å². The van der Waals surface area contributed by atoms with Gasteiger partial charge >= 0.3 is 5.97 Å². The van der Waals surface area contributed by atoms with E-state index in [0.29, 0.717) is 29.8 Å². The summed E-state index contributed by atoms with van der Waals surface area (Å²) in [4.78, 5) is 21.0. The average molecular weight is 1130 g/mol. The van der Waals surface area contributed by atoms with E-state index in [2.05, 4.69) is 129 Å². The van der Waals surface area contributed by atoms with Crippen molar-refractivity contribution in [2.24, 2.45) is 0 Å². The molecule has 0 radical (unpaired) electrons. The van der Waals surface area contributed by atoms with Crippen LogP contribution in [0.2, 0.25) is 54.4 Å². The van der Waals surface area contributed by atoms with Crippen LogP contribution in [0.1, 0.15) is 333 Å². The lowest BCUT2D eigenvalue weighted by molar-refractivity contribution is -0.137. The van der Waals surface area contributed by atoms with Crippen molar-refractivity contribution in [2.75, 3.05) is 0 Å². The number of aldehydes is 1. The van der Waals surface area contributed by atoms with Gasteiger partial charge in [0.25, 0.3) is 0 Å². The summed E-state index contributed by atoms with van der Waals surface area (Å²) >= 11 is 0. The first-order valence-electron chi connectivity index (χ1n) is 32.9. The Kier molecular flexibility index (Phi) is 50.3. The van der Waals surface area contributed by atoms with Gasteiger partial charge in [0, 0.05) is 31.2 Å². The normalized spacial score (nSPS) is 13.8. The summed E-state index contributed by atoms with van der Waals surface area (Å²) in [6, 6.07) is 0. The van der Waals surface area contributed by atoms with Gasteiger partial charge in [-0.05, 0) is 119 Å². The molecule has 9 heteroatoms. The standard InChI is InChI=1S/C23H48OSi.C22H46O3Si.C22H46O2Si/c1-8-10-12-14-16-18-20-22(21-19-17-15-13-11-9-2)24-25(6,7)23(3,4)5;1-7-8-9-10-11-14-17-20(25-26(5,6)22(2,3)4)18-15-12-13-16-19-21(23)24;1-7-8-9-10-12-15-18-21(19-16-13-11-14-17-20-23)24-25(5,6)22(2,3)4/h8,22H,1,9-21H2,2-7H3;20H,7-19H2,1-6H3,(H,23,24);20-21H,7-19H2,1-6H3/t22-;20-;21-/m011/s1. The molecule has 0 saturated heterocycles. The summed E-state index contributed by atoms with van der Waals surface area (Å²) in [5.74, 6) is -0.674. The van der Waals surface area contributed by atoms with E-state index in [-0.39, 0.29) is 10.1 Å². The zero-order valence-electron chi connectivity index (χ0n) is 55.2. The van der Waals surface area contributed by atoms with Crippen LogP contribution in [0.5, 0.6) is 0 Å². The molecule has 0 bridgehead atoms. The van der Waals surface area contributed by atoms with Crippen LogP contribution in [0.25, 0.3) is 0 Å². The van der Waals surface area contributed by atoms with Crippen molar-refractivity contribution >= 4 is 37.2 Å². The Labute approximate surface area is 481 Å². The molecule has 6 nitrogen and oxygen atoms in total. The maximum atomic E-state index is 10.6. The van der Waals surface area contributed by atoms with Gasteiger partial charge in [-0.3, -0.25) is 4.79 Å². The van der Waals surface area contributed by atoms with Gasteiger partial charge in [0.15, 0.2) is 25.0 Å². The smallest absolute Gasteiger partial charge is 0.303 e. The van der Waals surface area contributed by atoms with Gasteiger partial charge in [-0.2, -0.15) is 0 Å². The number of hydrogen-bond acceptors (Lipinski definition) is 5. The fourth-order valence-corrected chi connectivity index (χ4v) is 13.3. The second-order valence-corrected chi connectivity index (χ2v) is 42.2. The minimum atomic E-state index is -1.72. The molecule has 3 atom stereocenters. The van der Waals surface area contributed by atoms with Crippen molar-refractivity contribution in [3.8, 4) is 0 Å². The van der Waals surface area contributed by atoms with Gasteiger partial charge in [-0.25, -0.2) is 0 Å². The monoisotopic (exact) mass is 1120 g/mol. The Balaban J connectivity index is -0.00000105. The third-order valence-corrected chi connectivity index (χ3v) is 31.0. The van der Waals surface area contributed by atoms with Crippen molar-refractivity contribution < 1.29 is 28.0 Å². The molecule has 0 aliphatic rings. The molecule has 0 unspecified atom stereocenters. The Morgan fingerprint density at radius 2 is 0.618 bits per heavy atom. The molecule has 456 valence electrons. The van der Waals surface area contributed by atoms with Gasteiger partial charge in [0.1, 0.15) is 6.29 Å². The maximum Gasteiger partial charge on any atom is 0.303 e. The van der Waals surface area contributed by atoms with Crippen LogP contribution < -0.4 is 0 Å². The average Bonchev–Trinajstić information content (AvgIpc) is 3.31. The third-order valence-electron chi connectivity index (χ3n) is 17.4. The van der Waals surface area contributed by atoms with Gasteiger partial charge in [0.2, 0.25) is 0 Å². The number of carboxylic acids is 1. The van der Waals surface area contributed by atoms with Gasteiger partial charge in [0.05, 0.1) is 0 Å². The van der Waals surface area contributed by atoms with Crippen molar-refractivity contribution in [2.45, 2.75) is 406 Å². The van der Waals surface area contributed by atoms with Gasteiger partial charge < -0.3 is 23.2 Å². The predicted octanol–water partition coefficient (Wildman–Crippen LogP) is 23.9. The van der Waals surface area contributed by atoms with Crippen LogP contribution >= 0.6 is 0 Å². The maximum absolute atomic E-state index is 10.6. The molecule has 0 aliphatic carbocycles.